The van der Waals surface area contributed by atoms with E-state index in [0.29, 0.717) is 36.6 Å². The van der Waals surface area contributed by atoms with E-state index in [9.17, 15) is 14.0 Å². The van der Waals surface area contributed by atoms with Gasteiger partial charge in [0.2, 0.25) is 5.91 Å². The quantitative estimate of drug-likeness (QED) is 0.351. The summed E-state index contributed by atoms with van der Waals surface area (Å²) in [6.07, 6.45) is 4.92. The summed E-state index contributed by atoms with van der Waals surface area (Å²) in [5, 5.41) is 5.24. The van der Waals surface area contributed by atoms with E-state index in [-0.39, 0.29) is 36.1 Å². The average molecular weight is 496 g/mol. The number of hydrogen-bond donors (Lipinski definition) is 2. The Bertz CT molecular complexity index is 1420. The first-order valence-electron chi connectivity index (χ1n) is 11.9. The zero-order valence-corrected chi connectivity index (χ0v) is 20.3. The molecule has 2 heterocycles. The van der Waals surface area contributed by atoms with Crippen LogP contribution in [0.15, 0.2) is 42.6 Å². The maximum atomic E-state index is 14.3. The van der Waals surface area contributed by atoms with E-state index in [2.05, 4.69) is 16.4 Å². The summed E-state index contributed by atoms with van der Waals surface area (Å²) in [5.41, 5.74) is 4.70. The number of H-pyrrole nitrogens is 1. The van der Waals surface area contributed by atoms with Crippen LogP contribution >= 0.6 is 11.6 Å². The predicted octanol–water partition coefficient (Wildman–Crippen LogP) is 5.08. The molecule has 0 radical (unpaired) electrons. The second-order valence-electron chi connectivity index (χ2n) is 8.97. The second-order valence-corrected chi connectivity index (χ2v) is 9.37. The molecule has 4 aromatic rings. The van der Waals surface area contributed by atoms with E-state index >= 15 is 0 Å². The zero-order valence-electron chi connectivity index (χ0n) is 19.5. The molecule has 0 saturated carbocycles. The van der Waals surface area contributed by atoms with Crippen LogP contribution in [0.25, 0.3) is 21.8 Å². The number of aromatic amines is 1. The Morgan fingerprint density at radius 1 is 1.26 bits per heavy atom. The van der Waals surface area contributed by atoms with Crippen molar-refractivity contribution in [2.24, 2.45) is 0 Å². The third-order valence-corrected chi connectivity index (χ3v) is 7.02. The summed E-state index contributed by atoms with van der Waals surface area (Å²) >= 11 is 6.41. The molecular weight excluding hydrogens is 469 g/mol. The van der Waals surface area contributed by atoms with Crippen molar-refractivity contribution in [3.05, 3.63) is 70.3 Å². The highest BCUT2D eigenvalue weighted by molar-refractivity contribution is 6.35. The molecule has 0 bridgehead atoms. The fourth-order valence-corrected chi connectivity index (χ4v) is 5.52. The Morgan fingerprint density at radius 2 is 2.09 bits per heavy atom. The van der Waals surface area contributed by atoms with Gasteiger partial charge >= 0.3 is 5.97 Å². The van der Waals surface area contributed by atoms with Gasteiger partial charge in [0.15, 0.2) is 0 Å². The van der Waals surface area contributed by atoms with Gasteiger partial charge in [-0.2, -0.15) is 0 Å². The van der Waals surface area contributed by atoms with Gasteiger partial charge in [-0.15, -0.1) is 0 Å². The van der Waals surface area contributed by atoms with E-state index in [1.807, 2.05) is 29.0 Å². The number of benzene rings is 2. The van der Waals surface area contributed by atoms with Crippen LogP contribution in [0.2, 0.25) is 5.02 Å². The van der Waals surface area contributed by atoms with Gasteiger partial charge in [0.1, 0.15) is 12.4 Å². The Hall–Kier alpha value is -3.32. The predicted molar refractivity (Wildman–Crippen MR) is 134 cm³/mol. The lowest BCUT2D eigenvalue weighted by atomic mass is 9.91. The van der Waals surface area contributed by atoms with Crippen LogP contribution in [0.3, 0.4) is 0 Å². The number of aromatic nitrogens is 2. The summed E-state index contributed by atoms with van der Waals surface area (Å²) in [7, 11) is 0. The number of carbonyl (C=O) groups excluding carboxylic acids is 2. The van der Waals surface area contributed by atoms with Crippen LogP contribution in [-0.4, -0.2) is 34.1 Å². The average Bonchev–Trinajstić information content (AvgIpc) is 3.37. The molecule has 0 aliphatic heterocycles. The number of halogens is 2. The minimum atomic E-state index is -0.427. The number of fused-ring (bicyclic) bond motifs is 4. The van der Waals surface area contributed by atoms with Gasteiger partial charge in [-0.1, -0.05) is 29.8 Å². The molecule has 1 aliphatic rings. The number of esters is 1. The van der Waals surface area contributed by atoms with E-state index in [4.69, 9.17) is 16.3 Å². The number of aryl methyl sites for hydroxylation is 1. The zero-order chi connectivity index (χ0) is 24.5. The first kappa shape index (κ1) is 23.4. The van der Waals surface area contributed by atoms with Gasteiger partial charge in [0.05, 0.1) is 17.1 Å². The third kappa shape index (κ3) is 4.65. The SMILES string of the molecule is CCOC(=O)Cn1c2c(c3cc(F)cc(Cl)c31)CC(NC(=O)CCc1c[nH]c3ccccc13)CC2. The molecule has 1 amide bonds. The van der Waals surface area contributed by atoms with E-state index in [1.165, 1.54) is 12.1 Å². The molecule has 6 nitrogen and oxygen atoms in total. The number of para-hydroxylation sites is 1. The van der Waals surface area contributed by atoms with Gasteiger partial charge in [-0.3, -0.25) is 9.59 Å². The molecule has 2 aromatic carbocycles. The molecule has 35 heavy (non-hydrogen) atoms. The molecule has 1 aliphatic carbocycles. The minimum Gasteiger partial charge on any atom is -0.465 e. The Balaban J connectivity index is 1.33. The van der Waals surface area contributed by atoms with Crippen molar-refractivity contribution in [2.75, 3.05) is 6.61 Å². The normalized spacial score (nSPS) is 15.3. The smallest absolute Gasteiger partial charge is 0.325 e. The number of nitrogens with one attached hydrogen (secondary N) is 2. The molecule has 1 atom stereocenters. The summed E-state index contributed by atoms with van der Waals surface area (Å²) < 4.78 is 21.2. The molecular formula is C27H27ClFN3O3. The summed E-state index contributed by atoms with van der Waals surface area (Å²) in [4.78, 5) is 28.3. The minimum absolute atomic E-state index is 0.0109. The fraction of sp³-hybridized carbons (Fsp3) is 0.333. The Kier molecular flexibility index (Phi) is 6.52. The Morgan fingerprint density at radius 3 is 2.91 bits per heavy atom. The van der Waals surface area contributed by atoms with Crippen molar-refractivity contribution in [3.8, 4) is 0 Å². The maximum absolute atomic E-state index is 14.3. The number of rotatable bonds is 7. The highest BCUT2D eigenvalue weighted by atomic mass is 35.5. The van der Waals surface area contributed by atoms with Crippen molar-refractivity contribution in [3.63, 3.8) is 0 Å². The monoisotopic (exact) mass is 495 g/mol. The van der Waals surface area contributed by atoms with Crippen LogP contribution < -0.4 is 5.32 Å². The lowest BCUT2D eigenvalue weighted by Gasteiger charge is -2.25. The molecule has 1 unspecified atom stereocenters. The van der Waals surface area contributed by atoms with Crippen LogP contribution in [0.5, 0.6) is 0 Å². The molecule has 2 aromatic heterocycles. The second kappa shape index (κ2) is 9.74. The Labute approximate surface area is 207 Å². The summed E-state index contributed by atoms with van der Waals surface area (Å²) in [6.45, 7) is 2.07. The van der Waals surface area contributed by atoms with E-state index < -0.39 is 5.82 Å². The molecule has 0 saturated heterocycles. The molecule has 0 fully saturated rings. The van der Waals surface area contributed by atoms with Crippen LogP contribution in [0, 0.1) is 5.82 Å². The molecule has 0 spiro atoms. The van der Waals surface area contributed by atoms with Crippen molar-refractivity contribution >= 4 is 45.3 Å². The van der Waals surface area contributed by atoms with Gasteiger partial charge < -0.3 is 19.6 Å². The third-order valence-electron chi connectivity index (χ3n) is 6.73. The standard InChI is InChI=1S/C27H27ClFN3O3/c1-2-35-26(34)15-32-24-9-8-18(13-20(24)21-11-17(29)12-22(28)27(21)32)31-25(33)10-7-16-14-30-23-6-4-3-5-19(16)23/h3-6,11-12,14,18,30H,2,7-10,13,15H2,1H3,(H,31,33). The number of ether oxygens (including phenoxy) is 1. The van der Waals surface area contributed by atoms with Crippen LogP contribution in [0.1, 0.15) is 36.6 Å². The van der Waals surface area contributed by atoms with Crippen molar-refractivity contribution in [1.29, 1.82) is 0 Å². The first-order chi connectivity index (χ1) is 16.9. The van der Waals surface area contributed by atoms with E-state index in [0.717, 1.165) is 34.1 Å². The fourth-order valence-electron chi connectivity index (χ4n) is 5.22. The number of amides is 1. The van der Waals surface area contributed by atoms with Gasteiger partial charge in [0, 0.05) is 40.6 Å². The molecule has 2 N–H and O–H groups in total. The first-order valence-corrected chi connectivity index (χ1v) is 12.3. The molecule has 182 valence electrons. The maximum Gasteiger partial charge on any atom is 0.325 e. The van der Waals surface area contributed by atoms with Crippen molar-refractivity contribution < 1.29 is 18.7 Å². The van der Waals surface area contributed by atoms with Crippen molar-refractivity contribution in [2.45, 2.75) is 51.6 Å². The van der Waals surface area contributed by atoms with Gasteiger partial charge in [-0.25, -0.2) is 4.39 Å². The summed E-state index contributed by atoms with van der Waals surface area (Å²) in [5.74, 6) is -0.799. The van der Waals surface area contributed by atoms with Crippen LogP contribution in [0.4, 0.5) is 4.39 Å². The molecule has 5 rings (SSSR count). The summed E-state index contributed by atoms with van der Waals surface area (Å²) in [6, 6.07) is 10.7. The number of nitrogens with zero attached hydrogens (tertiary/aromatic N) is 1. The number of hydrogen-bond acceptors (Lipinski definition) is 3. The van der Waals surface area contributed by atoms with Crippen molar-refractivity contribution in [1.82, 2.24) is 14.9 Å². The molecule has 8 heteroatoms. The topological polar surface area (TPSA) is 76.1 Å². The number of carbonyl (C=O) groups is 2. The highest BCUT2D eigenvalue weighted by Gasteiger charge is 2.28. The van der Waals surface area contributed by atoms with Gasteiger partial charge in [0.25, 0.3) is 0 Å². The van der Waals surface area contributed by atoms with Crippen LogP contribution in [-0.2, 0) is 40.1 Å². The lowest BCUT2D eigenvalue weighted by Crippen LogP contribution is -2.39. The lowest BCUT2D eigenvalue weighted by molar-refractivity contribution is -0.143. The van der Waals surface area contributed by atoms with Gasteiger partial charge in [-0.05, 0) is 61.9 Å². The largest absolute Gasteiger partial charge is 0.465 e. The van der Waals surface area contributed by atoms with E-state index in [1.54, 1.807) is 6.92 Å². The highest BCUT2D eigenvalue weighted by Crippen LogP contribution is 2.36.